The predicted octanol–water partition coefficient (Wildman–Crippen LogP) is 1.71. The summed E-state index contributed by atoms with van der Waals surface area (Å²) in [5.41, 5.74) is 0.473. The van der Waals surface area contributed by atoms with Gasteiger partial charge in [0.05, 0.1) is 0 Å². The van der Waals surface area contributed by atoms with E-state index in [-0.39, 0.29) is 0 Å². The quantitative estimate of drug-likeness (QED) is 0.758. The largest absolute Gasteiger partial charge is 0.396 e. The maximum atomic E-state index is 8.91. The summed E-state index contributed by atoms with van der Waals surface area (Å²) in [5.74, 6) is 0. The van der Waals surface area contributed by atoms with Crippen LogP contribution in [0.25, 0.3) is 0 Å². The summed E-state index contributed by atoms with van der Waals surface area (Å²) < 4.78 is 0. The van der Waals surface area contributed by atoms with Gasteiger partial charge in [-0.15, -0.1) is 0 Å². The minimum absolute atomic E-state index is 0.348. The van der Waals surface area contributed by atoms with Crippen molar-refractivity contribution in [2.75, 3.05) is 39.8 Å². The molecule has 2 aliphatic rings. The number of rotatable bonds is 4. The highest BCUT2D eigenvalue weighted by Crippen LogP contribution is 2.36. The Bertz CT molecular complexity index is 226. The van der Waals surface area contributed by atoms with Gasteiger partial charge in [-0.05, 0) is 39.3 Å². The summed E-state index contributed by atoms with van der Waals surface area (Å²) in [4.78, 5) is 5.25. The van der Waals surface area contributed by atoms with Crippen molar-refractivity contribution >= 4 is 0 Å². The monoisotopic (exact) mass is 240 g/mol. The van der Waals surface area contributed by atoms with E-state index in [1.165, 1.54) is 58.3 Å². The minimum atomic E-state index is 0.348. The van der Waals surface area contributed by atoms with Gasteiger partial charge in [0.25, 0.3) is 0 Å². The maximum Gasteiger partial charge on any atom is 0.0431 e. The van der Waals surface area contributed by atoms with Gasteiger partial charge in [-0.1, -0.05) is 19.3 Å². The Labute approximate surface area is 106 Å². The standard InChI is InChI=1S/C14H28N2O/c1-15-10-11-16(9-5-6-12-17)14(13-15)7-3-2-4-8-14/h17H,2-13H2,1H3. The van der Waals surface area contributed by atoms with E-state index in [0.29, 0.717) is 12.1 Å². The van der Waals surface area contributed by atoms with E-state index in [2.05, 4.69) is 16.8 Å². The van der Waals surface area contributed by atoms with Gasteiger partial charge in [-0.25, -0.2) is 0 Å². The Morgan fingerprint density at radius 1 is 1.06 bits per heavy atom. The van der Waals surface area contributed by atoms with Crippen LogP contribution in [0, 0.1) is 0 Å². The molecule has 2 fully saturated rings. The van der Waals surface area contributed by atoms with Crippen LogP contribution >= 0.6 is 0 Å². The molecule has 0 aromatic carbocycles. The SMILES string of the molecule is CN1CCN(CCCCO)C2(CCCCC2)C1. The molecule has 0 radical (unpaired) electrons. The number of likely N-dealkylation sites (N-methyl/N-ethyl adjacent to an activating group) is 1. The van der Waals surface area contributed by atoms with Gasteiger partial charge in [0.1, 0.15) is 0 Å². The topological polar surface area (TPSA) is 26.7 Å². The van der Waals surface area contributed by atoms with Crippen LogP contribution in [-0.2, 0) is 0 Å². The summed E-state index contributed by atoms with van der Waals surface area (Å²) in [6.45, 7) is 5.23. The first-order chi connectivity index (χ1) is 8.27. The van der Waals surface area contributed by atoms with E-state index < -0.39 is 0 Å². The third-order valence-corrected chi connectivity index (χ3v) is 4.61. The third kappa shape index (κ3) is 3.21. The molecule has 0 atom stereocenters. The van der Waals surface area contributed by atoms with Crippen molar-refractivity contribution in [3.05, 3.63) is 0 Å². The van der Waals surface area contributed by atoms with E-state index in [9.17, 15) is 0 Å². The van der Waals surface area contributed by atoms with Crippen LogP contribution in [0.2, 0.25) is 0 Å². The molecule has 100 valence electrons. The van der Waals surface area contributed by atoms with Crippen LogP contribution in [0.3, 0.4) is 0 Å². The molecule has 1 heterocycles. The average molecular weight is 240 g/mol. The van der Waals surface area contributed by atoms with E-state index in [1.54, 1.807) is 0 Å². The first-order valence-electron chi connectivity index (χ1n) is 7.31. The van der Waals surface area contributed by atoms with E-state index >= 15 is 0 Å². The van der Waals surface area contributed by atoms with Gasteiger partial charge in [0.15, 0.2) is 0 Å². The average Bonchev–Trinajstić information content (AvgIpc) is 2.33. The smallest absolute Gasteiger partial charge is 0.0431 e. The fraction of sp³-hybridized carbons (Fsp3) is 1.00. The molecule has 1 aliphatic heterocycles. The molecule has 3 heteroatoms. The lowest BCUT2D eigenvalue weighted by molar-refractivity contribution is -0.0194. The fourth-order valence-corrected chi connectivity index (χ4v) is 3.66. The second kappa shape index (κ2) is 6.17. The zero-order valence-corrected chi connectivity index (χ0v) is 11.3. The van der Waals surface area contributed by atoms with E-state index in [4.69, 9.17) is 5.11 Å². The van der Waals surface area contributed by atoms with Crippen LogP contribution in [0.15, 0.2) is 0 Å². The normalized spacial score (nSPS) is 26.5. The molecule has 0 unspecified atom stereocenters. The molecule has 2 rings (SSSR count). The summed E-state index contributed by atoms with van der Waals surface area (Å²) in [5, 5.41) is 8.91. The first-order valence-corrected chi connectivity index (χ1v) is 7.31. The zero-order chi connectivity index (χ0) is 12.1. The summed E-state index contributed by atoms with van der Waals surface area (Å²) >= 11 is 0. The summed E-state index contributed by atoms with van der Waals surface area (Å²) in [6, 6.07) is 0. The molecule has 0 bridgehead atoms. The molecular formula is C14H28N2O. The Hall–Kier alpha value is -0.120. The molecule has 1 spiro atoms. The molecule has 1 saturated carbocycles. The number of aliphatic hydroxyl groups is 1. The van der Waals surface area contributed by atoms with Gasteiger partial charge >= 0.3 is 0 Å². The van der Waals surface area contributed by atoms with Crippen LogP contribution in [0.1, 0.15) is 44.9 Å². The minimum Gasteiger partial charge on any atom is -0.396 e. The van der Waals surface area contributed by atoms with Crippen molar-refractivity contribution in [3.63, 3.8) is 0 Å². The van der Waals surface area contributed by atoms with Crippen molar-refractivity contribution in [2.45, 2.75) is 50.5 Å². The van der Waals surface area contributed by atoms with Crippen LogP contribution < -0.4 is 0 Å². The van der Waals surface area contributed by atoms with Gasteiger partial charge < -0.3 is 10.0 Å². The number of piperazine rings is 1. The number of hydrogen-bond acceptors (Lipinski definition) is 3. The molecule has 0 amide bonds. The summed E-state index contributed by atoms with van der Waals surface area (Å²) in [7, 11) is 2.27. The Balaban J connectivity index is 1.95. The highest BCUT2D eigenvalue weighted by molar-refractivity contribution is 4.98. The third-order valence-electron chi connectivity index (χ3n) is 4.61. The molecule has 1 N–H and O–H groups in total. The molecule has 3 nitrogen and oxygen atoms in total. The van der Waals surface area contributed by atoms with E-state index in [0.717, 1.165) is 12.8 Å². The van der Waals surface area contributed by atoms with Crippen molar-refractivity contribution in [3.8, 4) is 0 Å². The van der Waals surface area contributed by atoms with Crippen molar-refractivity contribution in [2.24, 2.45) is 0 Å². The number of nitrogens with zero attached hydrogens (tertiary/aromatic N) is 2. The van der Waals surface area contributed by atoms with Crippen molar-refractivity contribution in [1.29, 1.82) is 0 Å². The van der Waals surface area contributed by atoms with Crippen LogP contribution in [0.4, 0.5) is 0 Å². The Morgan fingerprint density at radius 2 is 1.82 bits per heavy atom. The Kier molecular flexibility index (Phi) is 4.83. The lowest BCUT2D eigenvalue weighted by Gasteiger charge is -2.52. The zero-order valence-electron chi connectivity index (χ0n) is 11.3. The number of hydrogen-bond donors (Lipinski definition) is 1. The predicted molar refractivity (Wildman–Crippen MR) is 71.2 cm³/mol. The summed E-state index contributed by atoms with van der Waals surface area (Å²) in [6.07, 6.45) is 9.13. The van der Waals surface area contributed by atoms with Crippen LogP contribution in [-0.4, -0.2) is 60.3 Å². The van der Waals surface area contributed by atoms with Gasteiger partial charge in [0, 0.05) is 31.8 Å². The maximum absolute atomic E-state index is 8.91. The molecule has 1 aliphatic carbocycles. The molecule has 17 heavy (non-hydrogen) atoms. The van der Waals surface area contributed by atoms with E-state index in [1.807, 2.05) is 0 Å². The highest BCUT2D eigenvalue weighted by Gasteiger charge is 2.40. The van der Waals surface area contributed by atoms with Gasteiger partial charge in [-0.3, -0.25) is 4.90 Å². The lowest BCUT2D eigenvalue weighted by Crippen LogP contribution is -2.62. The van der Waals surface area contributed by atoms with Crippen molar-refractivity contribution < 1.29 is 5.11 Å². The van der Waals surface area contributed by atoms with Gasteiger partial charge in [0.2, 0.25) is 0 Å². The second-order valence-corrected chi connectivity index (χ2v) is 5.94. The number of aliphatic hydroxyl groups excluding tert-OH is 1. The Morgan fingerprint density at radius 3 is 2.53 bits per heavy atom. The highest BCUT2D eigenvalue weighted by atomic mass is 16.2. The van der Waals surface area contributed by atoms with Crippen LogP contribution in [0.5, 0.6) is 0 Å². The van der Waals surface area contributed by atoms with Gasteiger partial charge in [-0.2, -0.15) is 0 Å². The van der Waals surface area contributed by atoms with Crippen molar-refractivity contribution in [1.82, 2.24) is 9.80 Å². The lowest BCUT2D eigenvalue weighted by atomic mass is 9.78. The second-order valence-electron chi connectivity index (χ2n) is 5.94. The first kappa shape index (κ1) is 13.3. The molecule has 0 aromatic heterocycles. The molecule has 0 aromatic rings. The molecular weight excluding hydrogens is 212 g/mol. The fourth-order valence-electron chi connectivity index (χ4n) is 3.66. The molecule has 1 saturated heterocycles. The number of unbranched alkanes of at least 4 members (excludes halogenated alkanes) is 1.